The molecule has 1 amide bonds. The van der Waals surface area contributed by atoms with Gasteiger partial charge in [-0.25, -0.2) is 13.1 Å². The van der Waals surface area contributed by atoms with Crippen LogP contribution in [0.15, 0.2) is 30.3 Å². The summed E-state index contributed by atoms with van der Waals surface area (Å²) in [7, 11) is -3.07. The Kier molecular flexibility index (Phi) is 3.97. The molecule has 122 valence electrons. The summed E-state index contributed by atoms with van der Waals surface area (Å²) in [5.41, 5.74) is 3.10. The van der Waals surface area contributed by atoms with Gasteiger partial charge in [-0.05, 0) is 32.4 Å². The van der Waals surface area contributed by atoms with Crippen LogP contribution in [0.2, 0.25) is 0 Å². The van der Waals surface area contributed by atoms with Crippen LogP contribution in [0.25, 0.3) is 5.69 Å². The lowest BCUT2D eigenvalue weighted by Crippen LogP contribution is -2.24. The summed E-state index contributed by atoms with van der Waals surface area (Å²) in [5, 5.41) is 7.33. The molecule has 1 aromatic heterocycles. The Balaban J connectivity index is 1.84. The normalized spacial score (nSPS) is 19.7. The molecule has 1 unspecified atom stereocenters. The minimum absolute atomic E-state index is 0.0657. The van der Waals surface area contributed by atoms with E-state index in [0.29, 0.717) is 17.8 Å². The molecule has 2 heterocycles. The van der Waals surface area contributed by atoms with Crippen LogP contribution in [0.5, 0.6) is 0 Å². The van der Waals surface area contributed by atoms with Crippen molar-refractivity contribution in [3.63, 3.8) is 0 Å². The van der Waals surface area contributed by atoms with Crippen molar-refractivity contribution in [1.82, 2.24) is 9.78 Å². The molecule has 0 saturated carbocycles. The van der Waals surface area contributed by atoms with Gasteiger partial charge in [0.05, 0.1) is 40.2 Å². The molecule has 2 aromatic rings. The summed E-state index contributed by atoms with van der Waals surface area (Å²) in [6.45, 7) is 3.71. The summed E-state index contributed by atoms with van der Waals surface area (Å²) >= 11 is 0. The third-order valence-corrected chi connectivity index (χ3v) is 5.91. The summed E-state index contributed by atoms with van der Waals surface area (Å²) in [5.74, 6) is -0.695. The van der Waals surface area contributed by atoms with Gasteiger partial charge in [-0.2, -0.15) is 5.10 Å². The van der Waals surface area contributed by atoms with Crippen LogP contribution in [0.1, 0.15) is 17.8 Å². The number of rotatable bonds is 3. The fourth-order valence-electron chi connectivity index (χ4n) is 2.87. The maximum atomic E-state index is 12.3. The fourth-order valence-corrected chi connectivity index (χ4v) is 4.61. The number of hydrogen-bond donors (Lipinski definition) is 1. The maximum Gasteiger partial charge on any atom is 0.228 e. The number of hydrogen-bond acceptors (Lipinski definition) is 4. The van der Waals surface area contributed by atoms with Crippen LogP contribution in [-0.2, 0) is 14.6 Å². The molecule has 1 aliphatic rings. The minimum Gasteiger partial charge on any atom is -0.323 e. The summed E-state index contributed by atoms with van der Waals surface area (Å²) in [4.78, 5) is 12.3. The molecule has 0 radical (unpaired) electrons. The number of carbonyl (C=O) groups is 1. The molecule has 7 heteroatoms. The van der Waals surface area contributed by atoms with Crippen LogP contribution in [0.3, 0.4) is 0 Å². The topological polar surface area (TPSA) is 81.1 Å². The smallest absolute Gasteiger partial charge is 0.228 e. The Bertz CT molecular complexity index is 841. The Hall–Kier alpha value is -2.15. The van der Waals surface area contributed by atoms with Crippen molar-refractivity contribution in [3.05, 3.63) is 41.7 Å². The van der Waals surface area contributed by atoms with Gasteiger partial charge in [0.1, 0.15) is 0 Å². The number of aromatic nitrogens is 2. The highest BCUT2D eigenvalue weighted by molar-refractivity contribution is 7.91. The molecule has 0 spiro atoms. The standard InChI is InChI=1S/C16H19N3O3S/c1-11-15(17-16(20)13-8-9-23(21,22)10-13)12(2)19(18-11)14-6-4-3-5-7-14/h3-7,13H,8-10H2,1-2H3,(H,17,20). The van der Waals surface area contributed by atoms with Crippen molar-refractivity contribution in [2.24, 2.45) is 5.92 Å². The lowest BCUT2D eigenvalue weighted by molar-refractivity contribution is -0.119. The van der Waals surface area contributed by atoms with Gasteiger partial charge >= 0.3 is 0 Å². The number of benzene rings is 1. The van der Waals surface area contributed by atoms with E-state index in [9.17, 15) is 13.2 Å². The largest absolute Gasteiger partial charge is 0.323 e. The second-order valence-corrected chi connectivity index (χ2v) is 8.11. The van der Waals surface area contributed by atoms with Crippen molar-refractivity contribution in [2.45, 2.75) is 20.3 Å². The van der Waals surface area contributed by atoms with E-state index in [4.69, 9.17) is 0 Å². The molecule has 1 saturated heterocycles. The molecule has 0 aliphatic carbocycles. The Labute approximate surface area is 135 Å². The molecule has 0 bridgehead atoms. The average Bonchev–Trinajstić information content (AvgIpc) is 3.02. The average molecular weight is 333 g/mol. The minimum atomic E-state index is -3.07. The van der Waals surface area contributed by atoms with Crippen LogP contribution in [-0.4, -0.2) is 35.6 Å². The first-order valence-corrected chi connectivity index (χ1v) is 9.32. The first-order valence-electron chi connectivity index (χ1n) is 7.50. The number of nitrogens with one attached hydrogen (secondary N) is 1. The van der Waals surface area contributed by atoms with E-state index in [1.54, 1.807) is 4.68 Å². The van der Waals surface area contributed by atoms with Crippen LogP contribution in [0.4, 0.5) is 5.69 Å². The highest BCUT2D eigenvalue weighted by Crippen LogP contribution is 2.25. The third kappa shape index (κ3) is 3.14. The molecular formula is C16H19N3O3S. The molecule has 1 N–H and O–H groups in total. The molecule has 23 heavy (non-hydrogen) atoms. The van der Waals surface area contributed by atoms with Crippen molar-refractivity contribution in [3.8, 4) is 5.69 Å². The second-order valence-electron chi connectivity index (χ2n) is 5.88. The molecule has 1 aromatic carbocycles. The molecule has 1 fully saturated rings. The van der Waals surface area contributed by atoms with E-state index >= 15 is 0 Å². The van der Waals surface area contributed by atoms with Crippen LogP contribution in [0, 0.1) is 19.8 Å². The molecule has 3 rings (SSSR count). The maximum absolute atomic E-state index is 12.3. The van der Waals surface area contributed by atoms with Gasteiger partial charge < -0.3 is 5.32 Å². The number of amides is 1. The predicted molar refractivity (Wildman–Crippen MR) is 88.4 cm³/mol. The molecule has 1 aliphatic heterocycles. The second kappa shape index (κ2) is 5.81. The van der Waals surface area contributed by atoms with E-state index in [1.807, 2.05) is 44.2 Å². The van der Waals surface area contributed by atoms with Gasteiger partial charge in [-0.15, -0.1) is 0 Å². The lowest BCUT2D eigenvalue weighted by Gasteiger charge is -2.10. The monoisotopic (exact) mass is 333 g/mol. The fraction of sp³-hybridized carbons (Fsp3) is 0.375. The number of anilines is 1. The van der Waals surface area contributed by atoms with Gasteiger partial charge in [0.2, 0.25) is 5.91 Å². The van der Waals surface area contributed by atoms with Gasteiger partial charge in [0.15, 0.2) is 9.84 Å². The van der Waals surface area contributed by atoms with Crippen LogP contribution >= 0.6 is 0 Å². The first-order chi connectivity index (χ1) is 10.9. The summed E-state index contributed by atoms with van der Waals surface area (Å²) in [6, 6.07) is 9.66. The quantitative estimate of drug-likeness (QED) is 0.929. The molecule has 1 atom stereocenters. The van der Waals surface area contributed by atoms with Gasteiger partial charge in [-0.3, -0.25) is 4.79 Å². The number of sulfone groups is 1. The first kappa shape index (κ1) is 15.7. The zero-order chi connectivity index (χ0) is 16.6. The number of aryl methyl sites for hydroxylation is 1. The number of para-hydroxylation sites is 1. The Morgan fingerprint density at radius 3 is 2.57 bits per heavy atom. The number of carbonyl (C=O) groups excluding carboxylic acids is 1. The van der Waals surface area contributed by atoms with Crippen molar-refractivity contribution >= 4 is 21.4 Å². The van der Waals surface area contributed by atoms with E-state index in [-0.39, 0.29) is 17.4 Å². The third-order valence-electron chi connectivity index (χ3n) is 4.14. The zero-order valence-corrected chi connectivity index (χ0v) is 13.9. The van der Waals surface area contributed by atoms with Crippen LogP contribution < -0.4 is 5.32 Å². The molecular weight excluding hydrogens is 314 g/mol. The van der Waals surface area contributed by atoms with Crippen molar-refractivity contribution in [2.75, 3.05) is 16.8 Å². The lowest BCUT2D eigenvalue weighted by atomic mass is 10.1. The van der Waals surface area contributed by atoms with E-state index in [0.717, 1.165) is 11.4 Å². The Morgan fingerprint density at radius 1 is 1.26 bits per heavy atom. The van der Waals surface area contributed by atoms with Gasteiger partial charge in [0, 0.05) is 0 Å². The molecule has 6 nitrogen and oxygen atoms in total. The highest BCUT2D eigenvalue weighted by atomic mass is 32.2. The van der Waals surface area contributed by atoms with Gasteiger partial charge in [-0.1, -0.05) is 18.2 Å². The van der Waals surface area contributed by atoms with Crippen molar-refractivity contribution < 1.29 is 13.2 Å². The highest BCUT2D eigenvalue weighted by Gasteiger charge is 2.33. The van der Waals surface area contributed by atoms with E-state index in [2.05, 4.69) is 10.4 Å². The Morgan fingerprint density at radius 2 is 1.96 bits per heavy atom. The van der Waals surface area contributed by atoms with Gasteiger partial charge in [0.25, 0.3) is 0 Å². The van der Waals surface area contributed by atoms with E-state index < -0.39 is 15.8 Å². The van der Waals surface area contributed by atoms with E-state index in [1.165, 1.54) is 0 Å². The SMILES string of the molecule is Cc1nn(-c2ccccc2)c(C)c1NC(=O)C1CCS(=O)(=O)C1. The summed E-state index contributed by atoms with van der Waals surface area (Å²) in [6.07, 6.45) is 0.388. The zero-order valence-electron chi connectivity index (χ0n) is 13.1. The number of nitrogens with zero attached hydrogens (tertiary/aromatic N) is 2. The predicted octanol–water partition coefficient (Wildman–Crippen LogP) is 1.86. The van der Waals surface area contributed by atoms with Crippen molar-refractivity contribution in [1.29, 1.82) is 0 Å². The summed E-state index contributed by atoms with van der Waals surface area (Å²) < 4.78 is 24.8.